The van der Waals surface area contributed by atoms with E-state index in [0.717, 1.165) is 12.8 Å². The lowest BCUT2D eigenvalue weighted by Crippen LogP contribution is -2.54. The molecule has 0 aromatic heterocycles. The van der Waals surface area contributed by atoms with Crippen LogP contribution >= 0.6 is 0 Å². The van der Waals surface area contributed by atoms with Crippen LogP contribution in [0.15, 0.2) is 0 Å². The second kappa shape index (κ2) is 6.85. The van der Waals surface area contributed by atoms with Crippen LogP contribution in [0.5, 0.6) is 0 Å². The molecule has 1 heterocycles. The van der Waals surface area contributed by atoms with E-state index in [1.54, 1.807) is 4.90 Å². The topological polar surface area (TPSA) is 104 Å². The van der Waals surface area contributed by atoms with Crippen molar-refractivity contribution in [3.05, 3.63) is 0 Å². The van der Waals surface area contributed by atoms with E-state index in [2.05, 4.69) is 19.2 Å². The first-order chi connectivity index (χ1) is 12.8. The molecule has 2 amide bonds. The number of carbonyl (C=O) groups excluding carboxylic acids is 3. The normalized spacial score (nSPS) is 29.0. The largest absolute Gasteiger partial charge is 0.475 e. The van der Waals surface area contributed by atoms with Crippen LogP contribution in [0, 0.1) is 28.6 Å². The number of nitrogens with zero attached hydrogens (tertiary/aromatic N) is 1. The number of carbonyl (C=O) groups is 4. The lowest BCUT2D eigenvalue weighted by molar-refractivity contribution is -0.151. The molecule has 28 heavy (non-hydrogen) atoms. The number of carboxylic acids is 1. The molecule has 7 heteroatoms. The van der Waals surface area contributed by atoms with E-state index >= 15 is 0 Å². The molecule has 0 aromatic carbocycles. The van der Waals surface area contributed by atoms with Crippen LogP contribution in [0.4, 0.5) is 0 Å². The highest BCUT2D eigenvalue weighted by Gasteiger charge is 2.69. The summed E-state index contributed by atoms with van der Waals surface area (Å²) in [7, 11) is 0. The molecule has 7 nitrogen and oxygen atoms in total. The van der Waals surface area contributed by atoms with Crippen molar-refractivity contribution in [3.8, 4) is 0 Å². The summed E-state index contributed by atoms with van der Waals surface area (Å²) in [5.74, 6) is -2.33. The molecule has 0 aromatic rings. The van der Waals surface area contributed by atoms with Gasteiger partial charge in [0.2, 0.25) is 11.8 Å². The summed E-state index contributed by atoms with van der Waals surface area (Å²) in [4.78, 5) is 50.9. The summed E-state index contributed by atoms with van der Waals surface area (Å²) in [5, 5.41) is 11.8. The van der Waals surface area contributed by atoms with Crippen LogP contribution in [0.1, 0.15) is 60.3 Å². The van der Waals surface area contributed by atoms with Crippen molar-refractivity contribution in [1.29, 1.82) is 0 Å². The Morgan fingerprint density at radius 2 is 1.79 bits per heavy atom. The molecule has 3 rings (SSSR count). The van der Waals surface area contributed by atoms with Gasteiger partial charge < -0.3 is 15.3 Å². The fourth-order valence-corrected chi connectivity index (χ4v) is 4.72. The molecule has 2 saturated carbocycles. The first-order valence-corrected chi connectivity index (χ1v) is 10.2. The summed E-state index contributed by atoms with van der Waals surface area (Å²) in [6.45, 7) is 10.7. The Balaban J connectivity index is 1.76. The molecule has 156 valence electrons. The minimum atomic E-state index is -1.53. The molecule has 0 radical (unpaired) electrons. The number of likely N-dealkylation sites (tertiary alicyclic amines) is 1. The van der Waals surface area contributed by atoms with Gasteiger partial charge in [-0.25, -0.2) is 4.79 Å². The Hall–Kier alpha value is -1.92. The zero-order chi connectivity index (χ0) is 21.0. The Bertz CT molecular complexity index is 704. The minimum absolute atomic E-state index is 0.0245. The van der Waals surface area contributed by atoms with E-state index in [1.165, 1.54) is 0 Å². The van der Waals surface area contributed by atoms with Crippen LogP contribution in [-0.2, 0) is 19.2 Å². The number of rotatable bonds is 7. The molecule has 4 atom stereocenters. The monoisotopic (exact) mass is 392 g/mol. The van der Waals surface area contributed by atoms with Crippen LogP contribution in [0.25, 0.3) is 0 Å². The maximum Gasteiger partial charge on any atom is 0.374 e. The maximum atomic E-state index is 13.1. The average Bonchev–Trinajstić information content (AvgIpc) is 3.39. The Morgan fingerprint density at radius 3 is 2.29 bits per heavy atom. The standard InChI is InChI=1S/C21H32N2O5/c1-20(2,3)9-14(24)23-10-12-15(21(12,4)5)16(23)18(26)22-13(8-11-6-7-11)17(25)19(27)28/h11-13,15-16H,6-10H2,1-5H3,(H,22,26)(H,27,28)/t12-,13?,15-,16-/m0/s1. The van der Waals surface area contributed by atoms with Crippen molar-refractivity contribution in [2.24, 2.45) is 28.6 Å². The van der Waals surface area contributed by atoms with Crippen LogP contribution in [-0.4, -0.2) is 52.2 Å². The smallest absolute Gasteiger partial charge is 0.374 e. The Labute approximate surface area is 166 Å². The summed E-state index contributed by atoms with van der Waals surface area (Å²) in [5.41, 5.74) is -0.211. The van der Waals surface area contributed by atoms with Gasteiger partial charge >= 0.3 is 5.97 Å². The fraction of sp³-hybridized carbons (Fsp3) is 0.810. The van der Waals surface area contributed by atoms with E-state index < -0.39 is 23.8 Å². The lowest BCUT2D eigenvalue weighted by atomic mass is 9.90. The predicted octanol–water partition coefficient (Wildman–Crippen LogP) is 1.84. The number of amides is 2. The van der Waals surface area contributed by atoms with Crippen molar-refractivity contribution in [2.75, 3.05) is 6.54 Å². The molecule has 2 N–H and O–H groups in total. The summed E-state index contributed by atoms with van der Waals surface area (Å²) >= 11 is 0. The highest BCUT2D eigenvalue weighted by Crippen LogP contribution is 2.65. The van der Waals surface area contributed by atoms with Gasteiger partial charge in [-0.3, -0.25) is 14.4 Å². The third-order valence-corrected chi connectivity index (χ3v) is 6.59. The van der Waals surface area contributed by atoms with E-state index in [-0.39, 0.29) is 34.5 Å². The zero-order valence-electron chi connectivity index (χ0n) is 17.4. The summed E-state index contributed by atoms with van der Waals surface area (Å²) in [6, 6.07) is -1.64. The molecule has 2 aliphatic carbocycles. The first kappa shape index (κ1) is 20.8. The molecule has 1 aliphatic heterocycles. The van der Waals surface area contributed by atoms with E-state index in [0.29, 0.717) is 25.3 Å². The highest BCUT2D eigenvalue weighted by molar-refractivity contribution is 6.35. The molecule has 1 unspecified atom stereocenters. The van der Waals surface area contributed by atoms with E-state index in [1.807, 2.05) is 20.8 Å². The second-order valence-electron chi connectivity index (χ2n) is 10.6. The fourth-order valence-electron chi connectivity index (χ4n) is 4.72. The molecular weight excluding hydrogens is 360 g/mol. The highest BCUT2D eigenvalue weighted by atomic mass is 16.4. The molecular formula is C21H32N2O5. The summed E-state index contributed by atoms with van der Waals surface area (Å²) < 4.78 is 0. The van der Waals surface area contributed by atoms with Crippen molar-refractivity contribution >= 4 is 23.6 Å². The Morgan fingerprint density at radius 1 is 1.18 bits per heavy atom. The van der Waals surface area contributed by atoms with Crippen molar-refractivity contribution in [3.63, 3.8) is 0 Å². The number of piperidine rings is 1. The number of fused-ring (bicyclic) bond motifs is 1. The third kappa shape index (κ3) is 4.08. The van der Waals surface area contributed by atoms with Crippen LogP contribution in [0.2, 0.25) is 0 Å². The van der Waals surface area contributed by atoms with Crippen LogP contribution < -0.4 is 5.32 Å². The number of aliphatic carboxylic acids is 1. The number of carboxylic acid groups (broad SMARTS) is 1. The molecule has 3 aliphatic rings. The van der Waals surface area contributed by atoms with Gasteiger partial charge in [0.15, 0.2) is 0 Å². The second-order valence-corrected chi connectivity index (χ2v) is 10.6. The number of Topliss-reactive ketones (excluding diaryl/α,β-unsaturated/α-hetero) is 1. The maximum absolute atomic E-state index is 13.1. The van der Waals surface area contributed by atoms with Crippen LogP contribution in [0.3, 0.4) is 0 Å². The number of hydrogen-bond acceptors (Lipinski definition) is 4. The number of nitrogens with one attached hydrogen (secondary N) is 1. The van der Waals surface area contributed by atoms with Gasteiger partial charge in [-0.15, -0.1) is 0 Å². The predicted molar refractivity (Wildman–Crippen MR) is 102 cm³/mol. The molecule has 0 spiro atoms. The van der Waals surface area contributed by atoms with Gasteiger partial charge in [0.1, 0.15) is 6.04 Å². The molecule has 3 fully saturated rings. The van der Waals surface area contributed by atoms with Gasteiger partial charge in [-0.2, -0.15) is 0 Å². The van der Waals surface area contributed by atoms with Crippen molar-refractivity contribution < 1.29 is 24.3 Å². The Kier molecular flexibility index (Phi) is 5.09. The van der Waals surface area contributed by atoms with Gasteiger partial charge in [0, 0.05) is 13.0 Å². The average molecular weight is 392 g/mol. The van der Waals surface area contributed by atoms with Crippen molar-refractivity contribution in [1.82, 2.24) is 10.2 Å². The van der Waals surface area contributed by atoms with Gasteiger partial charge in [0.25, 0.3) is 5.78 Å². The van der Waals surface area contributed by atoms with Gasteiger partial charge in [-0.05, 0) is 35.0 Å². The molecule has 0 bridgehead atoms. The van der Waals surface area contributed by atoms with E-state index in [4.69, 9.17) is 5.11 Å². The third-order valence-electron chi connectivity index (χ3n) is 6.59. The number of hydrogen-bond donors (Lipinski definition) is 2. The number of ketones is 1. The zero-order valence-corrected chi connectivity index (χ0v) is 17.4. The van der Waals surface area contributed by atoms with Gasteiger partial charge in [0.05, 0.1) is 6.04 Å². The summed E-state index contributed by atoms with van der Waals surface area (Å²) in [6.07, 6.45) is 2.61. The SMILES string of the molecule is CC(C)(C)CC(=O)N1C[C@H]2[C@@H]([C@H]1C(=O)NC(CC1CC1)C(=O)C(=O)O)C2(C)C. The quantitative estimate of drug-likeness (QED) is 0.644. The first-order valence-electron chi connectivity index (χ1n) is 10.2. The van der Waals surface area contributed by atoms with Gasteiger partial charge in [-0.1, -0.05) is 47.5 Å². The van der Waals surface area contributed by atoms with E-state index in [9.17, 15) is 19.2 Å². The molecule has 1 saturated heterocycles. The lowest BCUT2D eigenvalue weighted by Gasteiger charge is -2.33. The minimum Gasteiger partial charge on any atom is -0.475 e. The van der Waals surface area contributed by atoms with Crippen molar-refractivity contribution in [2.45, 2.75) is 72.4 Å².